The summed E-state index contributed by atoms with van der Waals surface area (Å²) in [5, 5.41) is 14.0. The topological polar surface area (TPSA) is 124 Å². The number of amides is 4. The van der Waals surface area contributed by atoms with Crippen LogP contribution in [0.15, 0.2) is 60.9 Å². The Kier molecular flexibility index (Phi) is 10.1. The summed E-state index contributed by atoms with van der Waals surface area (Å²) >= 11 is 0. The molecule has 1 aliphatic heterocycles. The molecule has 3 aromatic rings. The normalized spacial score (nSPS) is 13.2. The van der Waals surface area contributed by atoms with Gasteiger partial charge in [0.05, 0.1) is 18.5 Å². The number of hydrogen-bond donors (Lipinski definition) is 3. The monoisotopic (exact) mass is 605 g/mol. The van der Waals surface area contributed by atoms with E-state index in [1.165, 1.54) is 53.7 Å². The van der Waals surface area contributed by atoms with Crippen LogP contribution in [0.5, 0.6) is 11.5 Å². The zero-order valence-electron chi connectivity index (χ0n) is 24.6. The number of carbonyl (C=O) groups is 3. The first-order valence-electron chi connectivity index (χ1n) is 13.9. The minimum absolute atomic E-state index is 0.0958. The van der Waals surface area contributed by atoms with E-state index in [1.54, 1.807) is 6.07 Å². The maximum absolute atomic E-state index is 14.9. The van der Waals surface area contributed by atoms with Crippen LogP contribution in [0.1, 0.15) is 31.9 Å². The first-order valence-corrected chi connectivity index (χ1v) is 13.9. The van der Waals surface area contributed by atoms with Gasteiger partial charge in [0.15, 0.2) is 11.6 Å². The maximum atomic E-state index is 14.9. The van der Waals surface area contributed by atoms with Crippen LogP contribution in [0.4, 0.5) is 24.1 Å². The fourth-order valence-corrected chi connectivity index (χ4v) is 4.53. The number of hydrogen-bond acceptors (Lipinski definition) is 6. The predicted molar refractivity (Wildman–Crippen MR) is 159 cm³/mol. The van der Waals surface area contributed by atoms with E-state index in [2.05, 4.69) is 32.4 Å². The number of anilines is 1. The molecule has 2 aromatic carbocycles. The van der Waals surface area contributed by atoms with Crippen LogP contribution in [0, 0.1) is 29.4 Å². The van der Waals surface area contributed by atoms with E-state index in [4.69, 9.17) is 4.74 Å². The van der Waals surface area contributed by atoms with Crippen LogP contribution < -0.4 is 15.4 Å². The molecule has 0 bridgehead atoms. The molecule has 0 radical (unpaired) electrons. The fraction of sp³-hybridized carbons (Fsp3) is 0.312. The summed E-state index contributed by atoms with van der Waals surface area (Å²) in [7, 11) is 0. The number of aromatic nitrogens is 1. The predicted octanol–water partition coefficient (Wildman–Crippen LogP) is 5.10. The Hall–Kier alpha value is -5.02. The van der Waals surface area contributed by atoms with Crippen molar-refractivity contribution in [1.82, 2.24) is 20.1 Å². The summed E-state index contributed by atoms with van der Waals surface area (Å²) in [6, 6.07) is 9.82. The molecular formula is C32H33F2N5O5. The van der Waals surface area contributed by atoms with Gasteiger partial charge in [-0.1, -0.05) is 24.0 Å². The summed E-state index contributed by atoms with van der Waals surface area (Å²) in [5.74, 6) is 4.69. The molecule has 0 saturated carbocycles. The highest BCUT2D eigenvalue weighted by molar-refractivity contribution is 6.01. The van der Waals surface area contributed by atoms with E-state index in [-0.39, 0.29) is 23.8 Å². The number of carboxylic acid groups (broad SMARTS) is 1. The lowest BCUT2D eigenvalue weighted by molar-refractivity contribution is -0.119. The Morgan fingerprint density at radius 2 is 1.82 bits per heavy atom. The number of ether oxygens (including phenoxy) is 1. The molecule has 12 heteroatoms. The van der Waals surface area contributed by atoms with Crippen LogP contribution in [0.3, 0.4) is 0 Å². The molecule has 230 valence electrons. The van der Waals surface area contributed by atoms with Crippen LogP contribution in [-0.2, 0) is 11.2 Å². The highest BCUT2D eigenvalue weighted by Crippen LogP contribution is 2.28. The van der Waals surface area contributed by atoms with Crippen LogP contribution in [0.25, 0.3) is 0 Å². The summed E-state index contributed by atoms with van der Waals surface area (Å²) in [5.41, 5.74) is 0.606. The number of imide groups is 1. The van der Waals surface area contributed by atoms with Crippen LogP contribution in [-0.4, -0.2) is 69.6 Å². The average molecular weight is 606 g/mol. The smallest absolute Gasteiger partial charge is 0.407 e. The van der Waals surface area contributed by atoms with E-state index < -0.39 is 35.2 Å². The third-order valence-corrected chi connectivity index (χ3v) is 6.76. The molecular weight excluding hydrogens is 572 g/mol. The van der Waals surface area contributed by atoms with Crippen molar-refractivity contribution in [2.24, 2.45) is 5.92 Å². The number of carbonyl (C=O) groups excluding carboxylic acids is 2. The van der Waals surface area contributed by atoms with Gasteiger partial charge in [-0.25, -0.2) is 18.4 Å². The molecule has 0 spiro atoms. The van der Waals surface area contributed by atoms with Crippen molar-refractivity contribution >= 4 is 23.7 Å². The van der Waals surface area contributed by atoms with Gasteiger partial charge < -0.3 is 20.1 Å². The average Bonchev–Trinajstić information content (AvgIpc) is 2.92. The van der Waals surface area contributed by atoms with E-state index in [0.29, 0.717) is 30.0 Å². The first kappa shape index (κ1) is 31.9. The Morgan fingerprint density at radius 1 is 1.09 bits per heavy atom. The number of likely N-dealkylation sites (tertiary alicyclic amines) is 1. The molecule has 4 amide bonds. The van der Waals surface area contributed by atoms with E-state index in [1.807, 2.05) is 20.8 Å². The lowest BCUT2D eigenvalue weighted by atomic mass is 9.96. The molecule has 1 fully saturated rings. The molecule has 10 nitrogen and oxygen atoms in total. The van der Waals surface area contributed by atoms with E-state index >= 15 is 0 Å². The van der Waals surface area contributed by atoms with Crippen molar-refractivity contribution < 1.29 is 33.0 Å². The minimum atomic E-state index is -0.931. The lowest BCUT2D eigenvalue weighted by Crippen LogP contribution is -2.55. The molecule has 0 aliphatic carbocycles. The number of benzene rings is 2. The largest absolute Gasteiger partial charge is 0.465 e. The third-order valence-electron chi connectivity index (χ3n) is 6.76. The van der Waals surface area contributed by atoms with Gasteiger partial charge in [0, 0.05) is 61.3 Å². The summed E-state index contributed by atoms with van der Waals surface area (Å²) in [6.45, 7) is 8.01. The Bertz CT molecular complexity index is 1570. The SMILES string of the molecule is CC(C)(C)N(CC1CN(CC#Cc2cnccc2Oc2ccc(NC(=O)NC(=O)Cc3ccc(F)cc3)cc2F)C1)C(=O)O. The molecule has 0 unspecified atom stereocenters. The van der Waals surface area contributed by atoms with E-state index in [9.17, 15) is 28.3 Å². The second-order valence-electron chi connectivity index (χ2n) is 11.4. The number of halogens is 2. The fourth-order valence-electron chi connectivity index (χ4n) is 4.53. The van der Waals surface area contributed by atoms with Crippen molar-refractivity contribution in [3.63, 3.8) is 0 Å². The molecule has 4 rings (SSSR count). The number of rotatable bonds is 8. The van der Waals surface area contributed by atoms with Gasteiger partial charge in [0.2, 0.25) is 5.91 Å². The van der Waals surface area contributed by atoms with Gasteiger partial charge in [-0.05, 0) is 50.6 Å². The molecule has 2 heterocycles. The van der Waals surface area contributed by atoms with Gasteiger partial charge in [0.1, 0.15) is 11.6 Å². The first-order chi connectivity index (χ1) is 20.9. The summed E-state index contributed by atoms with van der Waals surface area (Å²) in [4.78, 5) is 43.5. The number of urea groups is 1. The summed E-state index contributed by atoms with van der Waals surface area (Å²) in [6.07, 6.45) is 1.94. The van der Waals surface area contributed by atoms with Crippen LogP contribution in [0.2, 0.25) is 0 Å². The Labute approximate surface area is 254 Å². The Morgan fingerprint density at radius 3 is 2.48 bits per heavy atom. The van der Waals surface area contributed by atoms with Crippen molar-refractivity contribution in [3.8, 4) is 23.3 Å². The summed E-state index contributed by atoms with van der Waals surface area (Å²) < 4.78 is 33.6. The number of nitrogens with one attached hydrogen (secondary N) is 2. The highest BCUT2D eigenvalue weighted by Gasteiger charge is 2.33. The van der Waals surface area contributed by atoms with Gasteiger partial charge >= 0.3 is 12.1 Å². The molecule has 1 aliphatic rings. The van der Waals surface area contributed by atoms with Gasteiger partial charge in [0.25, 0.3) is 0 Å². The molecule has 0 atom stereocenters. The molecule has 1 saturated heterocycles. The second kappa shape index (κ2) is 14.0. The molecule has 44 heavy (non-hydrogen) atoms. The zero-order chi connectivity index (χ0) is 31.9. The number of nitrogens with zero attached hydrogens (tertiary/aromatic N) is 3. The highest BCUT2D eigenvalue weighted by atomic mass is 19.1. The molecule has 1 aromatic heterocycles. The van der Waals surface area contributed by atoms with Gasteiger partial charge in [-0.3, -0.25) is 20.0 Å². The number of pyridine rings is 1. The standard InChI is InChI=1S/C32H33F2N5O5/c1-32(2,3)39(31(42)43)20-22-18-38(19-22)14-4-5-23-17-35-13-12-27(23)44-28-11-10-25(16-26(28)34)36-30(41)37-29(40)15-21-6-8-24(33)9-7-21/h6-13,16-17,22H,14-15,18-20H2,1-3H3,(H,42,43)(H2,36,37,40,41). The Balaban J connectivity index is 1.28. The lowest BCUT2D eigenvalue weighted by Gasteiger charge is -2.43. The molecule has 3 N–H and O–H groups in total. The van der Waals surface area contributed by atoms with E-state index in [0.717, 1.165) is 19.2 Å². The minimum Gasteiger partial charge on any atom is -0.465 e. The van der Waals surface area contributed by atoms with Crippen molar-refractivity contribution in [2.75, 3.05) is 31.5 Å². The third kappa shape index (κ3) is 8.99. The second-order valence-corrected chi connectivity index (χ2v) is 11.4. The van der Waals surface area contributed by atoms with Crippen molar-refractivity contribution in [3.05, 3.63) is 83.7 Å². The maximum Gasteiger partial charge on any atom is 0.407 e. The van der Waals surface area contributed by atoms with Crippen LogP contribution >= 0.6 is 0 Å². The van der Waals surface area contributed by atoms with Gasteiger partial charge in [-0.2, -0.15) is 0 Å². The van der Waals surface area contributed by atoms with Crippen molar-refractivity contribution in [2.45, 2.75) is 32.7 Å². The quantitative estimate of drug-likeness (QED) is 0.305. The zero-order valence-corrected chi connectivity index (χ0v) is 24.6. The van der Waals surface area contributed by atoms with Crippen molar-refractivity contribution in [1.29, 1.82) is 0 Å². The van der Waals surface area contributed by atoms with Gasteiger partial charge in [-0.15, -0.1) is 0 Å².